The van der Waals surface area contributed by atoms with E-state index in [1.54, 1.807) is 17.5 Å². The fourth-order valence-electron chi connectivity index (χ4n) is 3.18. The number of carbonyl (C=O) groups excluding carboxylic acids is 2. The number of nitrogens with zero attached hydrogens (tertiary/aromatic N) is 1. The zero-order chi connectivity index (χ0) is 18.1. The summed E-state index contributed by atoms with van der Waals surface area (Å²) in [6.45, 7) is 2.35. The van der Waals surface area contributed by atoms with Gasteiger partial charge in [-0.15, -0.1) is 11.3 Å². The van der Waals surface area contributed by atoms with Crippen LogP contribution < -0.4 is 10.6 Å². The van der Waals surface area contributed by atoms with Gasteiger partial charge in [-0.2, -0.15) is 5.10 Å². The van der Waals surface area contributed by atoms with Crippen molar-refractivity contribution in [3.05, 3.63) is 58.6 Å². The molecule has 4 rings (SSSR count). The van der Waals surface area contributed by atoms with Crippen molar-refractivity contribution in [3.63, 3.8) is 0 Å². The summed E-state index contributed by atoms with van der Waals surface area (Å²) in [7, 11) is 0. The molecule has 3 N–H and O–H groups in total. The van der Waals surface area contributed by atoms with Gasteiger partial charge < -0.3 is 10.6 Å². The molecule has 1 aliphatic rings. The van der Waals surface area contributed by atoms with Crippen LogP contribution in [0.25, 0.3) is 10.6 Å². The minimum Gasteiger partial charge on any atom is -0.352 e. The first-order chi connectivity index (χ1) is 12.6. The number of thiophene rings is 1. The molecule has 132 valence electrons. The number of hydrogen-bond acceptors (Lipinski definition) is 4. The van der Waals surface area contributed by atoms with Crippen LogP contribution in [0.15, 0.2) is 41.9 Å². The van der Waals surface area contributed by atoms with Gasteiger partial charge in [-0.05, 0) is 35.6 Å². The largest absolute Gasteiger partial charge is 0.352 e. The topological polar surface area (TPSA) is 86.9 Å². The summed E-state index contributed by atoms with van der Waals surface area (Å²) in [5.74, 6) is -0.716. The van der Waals surface area contributed by atoms with Gasteiger partial charge in [-0.1, -0.05) is 18.2 Å². The van der Waals surface area contributed by atoms with E-state index in [2.05, 4.69) is 20.8 Å². The highest BCUT2D eigenvalue weighted by Crippen LogP contribution is 2.35. The molecule has 0 saturated heterocycles. The fraction of sp³-hybridized carbons (Fsp3) is 0.211. The number of aromatic nitrogens is 2. The van der Waals surface area contributed by atoms with Crippen molar-refractivity contribution in [3.8, 4) is 10.6 Å². The Labute approximate surface area is 154 Å². The number of hydrogen-bond donors (Lipinski definition) is 3. The highest BCUT2D eigenvalue weighted by atomic mass is 32.1. The van der Waals surface area contributed by atoms with Gasteiger partial charge in [0.1, 0.15) is 0 Å². The Morgan fingerprint density at radius 2 is 2.23 bits per heavy atom. The summed E-state index contributed by atoms with van der Waals surface area (Å²) in [6.07, 6.45) is 1.85. The number of amides is 2. The van der Waals surface area contributed by atoms with E-state index in [4.69, 9.17) is 0 Å². The molecule has 0 radical (unpaired) electrons. The standard InChI is InChI=1S/C19H18N4O2S/c1-11-4-5-13-14(19(25)22-15(13)7-11)8-17(24)20-9-12-10-21-23-18(12)16-3-2-6-26-16/h2-7,10,14H,8-9H2,1H3,(H,20,24)(H,21,23)(H,22,25)/t14-/m1/s1. The Bertz CT molecular complexity index is 962. The van der Waals surface area contributed by atoms with Crippen LogP contribution in [0.5, 0.6) is 0 Å². The highest BCUT2D eigenvalue weighted by Gasteiger charge is 2.32. The lowest BCUT2D eigenvalue weighted by molar-refractivity contribution is -0.125. The molecule has 1 aliphatic heterocycles. The van der Waals surface area contributed by atoms with Crippen molar-refractivity contribution >= 4 is 28.8 Å². The molecule has 0 unspecified atom stereocenters. The molecule has 0 fully saturated rings. The second-order valence-corrected chi connectivity index (χ2v) is 7.31. The van der Waals surface area contributed by atoms with Crippen molar-refractivity contribution in [1.82, 2.24) is 15.5 Å². The van der Waals surface area contributed by atoms with Gasteiger partial charge >= 0.3 is 0 Å². The molecule has 3 aromatic rings. The van der Waals surface area contributed by atoms with Gasteiger partial charge in [0.25, 0.3) is 0 Å². The molecular formula is C19H18N4O2S. The predicted octanol–water partition coefficient (Wildman–Crippen LogP) is 3.19. The third-order valence-corrected chi connectivity index (χ3v) is 5.40. The summed E-state index contributed by atoms with van der Waals surface area (Å²) in [5.41, 5.74) is 4.61. The second kappa shape index (κ2) is 6.76. The van der Waals surface area contributed by atoms with Crippen LogP contribution >= 0.6 is 11.3 Å². The third kappa shape index (κ3) is 3.13. The molecule has 6 nitrogen and oxygen atoms in total. The maximum Gasteiger partial charge on any atom is 0.232 e. The Morgan fingerprint density at radius 1 is 1.35 bits per heavy atom. The molecule has 1 atom stereocenters. The Morgan fingerprint density at radius 3 is 3.04 bits per heavy atom. The molecule has 2 aromatic heterocycles. The molecule has 3 heterocycles. The van der Waals surface area contributed by atoms with Crippen molar-refractivity contribution in [2.45, 2.75) is 25.8 Å². The SMILES string of the molecule is Cc1ccc2c(c1)NC(=O)[C@@H]2CC(=O)NCc1cn[nH]c1-c1cccs1. The number of fused-ring (bicyclic) bond motifs is 1. The summed E-state index contributed by atoms with van der Waals surface area (Å²) in [6, 6.07) is 9.80. The molecule has 0 saturated carbocycles. The number of anilines is 1. The lowest BCUT2D eigenvalue weighted by Crippen LogP contribution is -2.26. The summed E-state index contributed by atoms with van der Waals surface area (Å²) in [5, 5.41) is 14.8. The molecule has 0 aliphatic carbocycles. The van der Waals surface area contributed by atoms with Crippen molar-refractivity contribution < 1.29 is 9.59 Å². The second-order valence-electron chi connectivity index (χ2n) is 6.36. The normalized spacial score (nSPS) is 15.6. The Hall–Kier alpha value is -2.93. The number of benzene rings is 1. The Kier molecular flexibility index (Phi) is 4.30. The van der Waals surface area contributed by atoms with E-state index in [-0.39, 0.29) is 18.2 Å². The van der Waals surface area contributed by atoms with Gasteiger partial charge in [0.2, 0.25) is 11.8 Å². The fourth-order valence-corrected chi connectivity index (χ4v) is 3.93. The van der Waals surface area contributed by atoms with Gasteiger partial charge in [-0.3, -0.25) is 14.7 Å². The summed E-state index contributed by atoms with van der Waals surface area (Å²) in [4.78, 5) is 25.7. The van der Waals surface area contributed by atoms with E-state index in [0.29, 0.717) is 6.54 Å². The first kappa shape index (κ1) is 16.5. The average Bonchev–Trinajstić information content (AvgIpc) is 3.33. The molecule has 7 heteroatoms. The van der Waals surface area contributed by atoms with Crippen molar-refractivity contribution in [1.29, 1.82) is 0 Å². The summed E-state index contributed by atoms with van der Waals surface area (Å²) < 4.78 is 0. The number of H-pyrrole nitrogens is 1. The minimum atomic E-state index is -0.438. The first-order valence-corrected chi connectivity index (χ1v) is 9.24. The quantitative estimate of drug-likeness (QED) is 0.648. The Balaban J connectivity index is 1.42. The van der Waals surface area contributed by atoms with E-state index in [0.717, 1.165) is 32.9 Å². The number of aromatic amines is 1. The van der Waals surface area contributed by atoms with Gasteiger partial charge in [0.15, 0.2) is 0 Å². The van der Waals surface area contributed by atoms with Crippen molar-refractivity contribution in [2.24, 2.45) is 0 Å². The van der Waals surface area contributed by atoms with E-state index in [1.165, 1.54) is 0 Å². The van der Waals surface area contributed by atoms with Gasteiger partial charge in [0, 0.05) is 24.2 Å². The maximum atomic E-state index is 12.4. The number of nitrogens with one attached hydrogen (secondary N) is 3. The first-order valence-electron chi connectivity index (χ1n) is 8.36. The smallest absolute Gasteiger partial charge is 0.232 e. The lowest BCUT2D eigenvalue weighted by atomic mass is 9.96. The average molecular weight is 366 g/mol. The van der Waals surface area contributed by atoms with Crippen LogP contribution in [0.4, 0.5) is 5.69 Å². The molecular weight excluding hydrogens is 348 g/mol. The molecule has 0 spiro atoms. The summed E-state index contributed by atoms with van der Waals surface area (Å²) >= 11 is 1.61. The van der Waals surface area contributed by atoms with Gasteiger partial charge in [-0.25, -0.2) is 0 Å². The van der Waals surface area contributed by atoms with Crippen LogP contribution in [-0.2, 0) is 16.1 Å². The zero-order valence-electron chi connectivity index (χ0n) is 14.2. The van der Waals surface area contributed by atoms with Crippen LogP contribution in [0.2, 0.25) is 0 Å². The highest BCUT2D eigenvalue weighted by molar-refractivity contribution is 7.13. The zero-order valence-corrected chi connectivity index (χ0v) is 15.0. The maximum absolute atomic E-state index is 12.4. The van der Waals surface area contributed by atoms with Gasteiger partial charge in [0.05, 0.1) is 22.7 Å². The molecule has 1 aromatic carbocycles. The van der Waals surface area contributed by atoms with Crippen LogP contribution in [-0.4, -0.2) is 22.0 Å². The van der Waals surface area contributed by atoms with E-state index in [1.807, 2.05) is 42.6 Å². The minimum absolute atomic E-state index is 0.122. The number of rotatable bonds is 5. The van der Waals surface area contributed by atoms with Crippen LogP contribution in [0.1, 0.15) is 29.0 Å². The van der Waals surface area contributed by atoms with Crippen molar-refractivity contribution in [2.75, 3.05) is 5.32 Å². The van der Waals surface area contributed by atoms with E-state index >= 15 is 0 Å². The lowest BCUT2D eigenvalue weighted by Gasteiger charge is -2.10. The predicted molar refractivity (Wildman–Crippen MR) is 101 cm³/mol. The molecule has 2 amide bonds. The van der Waals surface area contributed by atoms with E-state index in [9.17, 15) is 9.59 Å². The number of carbonyl (C=O) groups is 2. The monoisotopic (exact) mass is 366 g/mol. The van der Waals surface area contributed by atoms with Crippen LogP contribution in [0, 0.1) is 6.92 Å². The van der Waals surface area contributed by atoms with Crippen LogP contribution in [0.3, 0.4) is 0 Å². The molecule has 0 bridgehead atoms. The molecule has 26 heavy (non-hydrogen) atoms. The van der Waals surface area contributed by atoms with E-state index < -0.39 is 5.92 Å². The third-order valence-electron chi connectivity index (χ3n) is 4.51. The number of aryl methyl sites for hydroxylation is 1.